The van der Waals surface area contributed by atoms with Crippen LogP contribution in [0.4, 0.5) is 5.82 Å². The summed E-state index contributed by atoms with van der Waals surface area (Å²) in [5, 5.41) is 0. The number of nitrogen functional groups attached to an aromatic ring is 1. The van der Waals surface area contributed by atoms with Gasteiger partial charge in [-0.15, -0.1) is 0 Å². The van der Waals surface area contributed by atoms with Crippen molar-refractivity contribution in [3.05, 3.63) is 12.2 Å². The Hall–Kier alpha value is -1.65. The van der Waals surface area contributed by atoms with Crippen molar-refractivity contribution in [1.29, 1.82) is 0 Å². The summed E-state index contributed by atoms with van der Waals surface area (Å²) in [4.78, 5) is 15.8. The van der Waals surface area contributed by atoms with Gasteiger partial charge in [0.15, 0.2) is 11.5 Å². The van der Waals surface area contributed by atoms with Gasteiger partial charge < -0.3 is 10.7 Å². The van der Waals surface area contributed by atoms with Gasteiger partial charge in [0.2, 0.25) is 0 Å². The molecule has 0 saturated heterocycles. The van der Waals surface area contributed by atoms with E-state index < -0.39 is 0 Å². The van der Waals surface area contributed by atoms with Crippen molar-refractivity contribution in [2.75, 3.05) is 5.73 Å². The highest BCUT2D eigenvalue weighted by atomic mass is 15.0. The molecule has 0 aliphatic heterocycles. The molecular formula is C16H27N5. The van der Waals surface area contributed by atoms with E-state index >= 15 is 0 Å². The van der Waals surface area contributed by atoms with Crippen LogP contribution in [-0.2, 0) is 6.42 Å². The monoisotopic (exact) mass is 289 g/mol. The van der Waals surface area contributed by atoms with Crippen molar-refractivity contribution >= 4 is 17.0 Å². The molecule has 0 radical (unpaired) electrons. The highest BCUT2D eigenvalue weighted by Crippen LogP contribution is 2.15. The molecule has 0 spiro atoms. The predicted molar refractivity (Wildman–Crippen MR) is 87.0 cm³/mol. The Morgan fingerprint density at radius 1 is 0.952 bits per heavy atom. The van der Waals surface area contributed by atoms with Crippen molar-refractivity contribution in [3.63, 3.8) is 0 Å². The molecule has 5 heteroatoms. The fourth-order valence-corrected chi connectivity index (χ4v) is 2.62. The van der Waals surface area contributed by atoms with Gasteiger partial charge in [-0.3, -0.25) is 0 Å². The van der Waals surface area contributed by atoms with Crippen molar-refractivity contribution in [2.24, 2.45) is 0 Å². The van der Waals surface area contributed by atoms with Gasteiger partial charge in [-0.1, -0.05) is 58.3 Å². The van der Waals surface area contributed by atoms with Gasteiger partial charge in [0.1, 0.15) is 17.7 Å². The molecule has 0 amide bonds. The average molecular weight is 289 g/mol. The molecule has 2 rings (SSSR count). The number of rotatable bonds is 10. The zero-order valence-corrected chi connectivity index (χ0v) is 13.1. The molecule has 0 fully saturated rings. The molecule has 0 atom stereocenters. The van der Waals surface area contributed by atoms with Crippen LogP contribution in [0.1, 0.15) is 70.5 Å². The molecule has 0 aromatic carbocycles. The first-order valence-corrected chi connectivity index (χ1v) is 8.26. The molecule has 0 aliphatic rings. The van der Waals surface area contributed by atoms with Crippen LogP contribution in [0, 0.1) is 0 Å². The molecule has 3 N–H and O–H groups in total. The molecule has 2 heterocycles. The van der Waals surface area contributed by atoms with Crippen LogP contribution in [0.2, 0.25) is 0 Å². The number of H-pyrrole nitrogens is 1. The number of nitrogens with one attached hydrogen (secondary N) is 1. The summed E-state index contributed by atoms with van der Waals surface area (Å²) >= 11 is 0. The van der Waals surface area contributed by atoms with Crippen molar-refractivity contribution in [2.45, 2.75) is 71.1 Å². The maximum atomic E-state index is 5.79. The molecule has 0 unspecified atom stereocenters. The predicted octanol–water partition coefficient (Wildman–Crippen LogP) is 4.01. The molecular weight excluding hydrogens is 262 g/mol. The number of aromatic nitrogens is 4. The topological polar surface area (TPSA) is 80.5 Å². The second kappa shape index (κ2) is 8.60. The van der Waals surface area contributed by atoms with Crippen LogP contribution in [0.5, 0.6) is 0 Å². The van der Waals surface area contributed by atoms with E-state index in [1.54, 1.807) is 0 Å². The van der Waals surface area contributed by atoms with E-state index in [2.05, 4.69) is 26.9 Å². The van der Waals surface area contributed by atoms with Gasteiger partial charge in [-0.25, -0.2) is 15.0 Å². The van der Waals surface area contributed by atoms with Gasteiger partial charge in [0.05, 0.1) is 0 Å². The summed E-state index contributed by atoms with van der Waals surface area (Å²) < 4.78 is 0. The Morgan fingerprint density at radius 2 is 1.62 bits per heavy atom. The second-order valence-corrected chi connectivity index (χ2v) is 5.72. The van der Waals surface area contributed by atoms with Gasteiger partial charge >= 0.3 is 0 Å². The number of hydrogen-bond donors (Lipinski definition) is 2. The largest absolute Gasteiger partial charge is 0.382 e. The van der Waals surface area contributed by atoms with Crippen LogP contribution < -0.4 is 5.73 Å². The van der Waals surface area contributed by atoms with E-state index in [0.717, 1.165) is 17.8 Å². The maximum Gasteiger partial charge on any atom is 0.183 e. The number of anilines is 1. The molecule has 21 heavy (non-hydrogen) atoms. The third kappa shape index (κ3) is 4.99. The summed E-state index contributed by atoms with van der Waals surface area (Å²) in [6.07, 6.45) is 14.5. The van der Waals surface area contributed by atoms with E-state index in [4.69, 9.17) is 5.73 Å². The first-order valence-electron chi connectivity index (χ1n) is 8.26. The summed E-state index contributed by atoms with van der Waals surface area (Å²) in [5.41, 5.74) is 7.23. The summed E-state index contributed by atoms with van der Waals surface area (Å²) in [5.74, 6) is 1.45. The van der Waals surface area contributed by atoms with E-state index in [1.807, 2.05) is 0 Å². The normalized spacial score (nSPS) is 11.3. The molecule has 5 nitrogen and oxygen atoms in total. The zero-order chi connectivity index (χ0) is 14.9. The number of aryl methyl sites for hydroxylation is 1. The molecule has 0 aliphatic carbocycles. The summed E-state index contributed by atoms with van der Waals surface area (Å²) in [6.45, 7) is 2.26. The minimum absolute atomic E-state index is 0.478. The Kier molecular flexibility index (Phi) is 6.44. The number of hydrogen-bond acceptors (Lipinski definition) is 4. The third-order valence-electron chi connectivity index (χ3n) is 3.88. The van der Waals surface area contributed by atoms with Crippen LogP contribution in [0.15, 0.2) is 6.33 Å². The number of aromatic amines is 1. The molecule has 2 aromatic rings. The quantitative estimate of drug-likeness (QED) is 0.648. The first-order chi connectivity index (χ1) is 10.3. The van der Waals surface area contributed by atoms with Crippen molar-refractivity contribution in [1.82, 2.24) is 19.9 Å². The van der Waals surface area contributed by atoms with Gasteiger partial charge in [0, 0.05) is 6.42 Å². The van der Waals surface area contributed by atoms with Gasteiger partial charge in [0.25, 0.3) is 0 Å². The first kappa shape index (κ1) is 15.7. The van der Waals surface area contributed by atoms with E-state index in [1.165, 1.54) is 64.1 Å². The molecule has 0 bridgehead atoms. The van der Waals surface area contributed by atoms with Crippen LogP contribution in [0.25, 0.3) is 11.2 Å². The highest BCUT2D eigenvalue weighted by molar-refractivity contribution is 5.80. The number of imidazole rings is 1. The molecule has 0 saturated carbocycles. The lowest BCUT2D eigenvalue weighted by molar-refractivity contribution is 0.562. The van der Waals surface area contributed by atoms with Crippen molar-refractivity contribution in [3.8, 4) is 0 Å². The Morgan fingerprint density at radius 3 is 2.29 bits per heavy atom. The Balaban J connectivity index is 1.61. The highest BCUT2D eigenvalue weighted by Gasteiger charge is 2.06. The van der Waals surface area contributed by atoms with Gasteiger partial charge in [-0.05, 0) is 6.42 Å². The second-order valence-electron chi connectivity index (χ2n) is 5.72. The number of fused-ring (bicyclic) bond motifs is 1. The Labute approximate surface area is 126 Å². The van der Waals surface area contributed by atoms with Crippen LogP contribution >= 0.6 is 0 Å². The molecule has 2 aromatic heterocycles. The fraction of sp³-hybridized carbons (Fsp3) is 0.688. The number of unbranched alkanes of at least 4 members (excludes halogenated alkanes) is 8. The lowest BCUT2D eigenvalue weighted by Gasteiger charge is -2.01. The smallest absolute Gasteiger partial charge is 0.183 e. The SMILES string of the molecule is CCCCCCCCCCCc1nc2ncnc(N)c2[nH]1. The fourth-order valence-electron chi connectivity index (χ4n) is 2.62. The number of nitrogens with zero attached hydrogens (tertiary/aromatic N) is 3. The minimum atomic E-state index is 0.478. The van der Waals surface area contributed by atoms with Crippen LogP contribution in [-0.4, -0.2) is 19.9 Å². The van der Waals surface area contributed by atoms with E-state index in [9.17, 15) is 0 Å². The number of nitrogens with two attached hydrogens (primary N) is 1. The molecule has 116 valence electrons. The van der Waals surface area contributed by atoms with E-state index in [-0.39, 0.29) is 0 Å². The Bertz CT molecular complexity index is 534. The van der Waals surface area contributed by atoms with Gasteiger partial charge in [-0.2, -0.15) is 0 Å². The lowest BCUT2D eigenvalue weighted by Crippen LogP contribution is -1.92. The zero-order valence-electron chi connectivity index (χ0n) is 13.1. The maximum absolute atomic E-state index is 5.79. The van der Waals surface area contributed by atoms with Crippen molar-refractivity contribution < 1.29 is 0 Å². The standard InChI is InChI=1S/C16H27N5/c1-2-3-4-5-6-7-8-9-10-11-13-20-14-15(17)18-12-19-16(14)21-13/h12H,2-11H2,1H3,(H3,17,18,19,20,21). The third-order valence-corrected chi connectivity index (χ3v) is 3.88. The summed E-state index contributed by atoms with van der Waals surface area (Å²) in [7, 11) is 0. The van der Waals surface area contributed by atoms with Crippen LogP contribution in [0.3, 0.4) is 0 Å². The van der Waals surface area contributed by atoms with E-state index in [0.29, 0.717) is 11.5 Å². The lowest BCUT2D eigenvalue weighted by atomic mass is 10.1. The average Bonchev–Trinajstić information content (AvgIpc) is 2.90. The summed E-state index contributed by atoms with van der Waals surface area (Å²) in [6, 6.07) is 0. The minimum Gasteiger partial charge on any atom is -0.382 e.